The van der Waals surface area contributed by atoms with Crippen molar-refractivity contribution in [3.8, 4) is 0 Å². The Morgan fingerprint density at radius 1 is 1.33 bits per heavy atom. The fraction of sp³-hybridized carbons (Fsp3) is 0.571. The van der Waals surface area contributed by atoms with Crippen molar-refractivity contribution in [1.29, 1.82) is 0 Å². The zero-order chi connectivity index (χ0) is 13.0. The number of nitrogens with zero attached hydrogens (tertiary/aromatic N) is 1. The fourth-order valence-electron chi connectivity index (χ4n) is 2.33. The summed E-state index contributed by atoms with van der Waals surface area (Å²) >= 11 is 0. The molecule has 4 nitrogen and oxygen atoms in total. The third-order valence-electron chi connectivity index (χ3n) is 3.44. The molecule has 1 heterocycles. The van der Waals surface area contributed by atoms with Crippen molar-refractivity contribution >= 4 is 5.69 Å². The van der Waals surface area contributed by atoms with Crippen molar-refractivity contribution in [2.75, 3.05) is 39.3 Å². The summed E-state index contributed by atoms with van der Waals surface area (Å²) in [7, 11) is 5.45. The number of fused-ring (bicyclic) bond motifs is 1. The van der Waals surface area contributed by atoms with Crippen LogP contribution in [-0.2, 0) is 22.4 Å². The SMILES string of the molecule is COC(CNCc1ccc2c(c1)CCN2C)OC. The van der Waals surface area contributed by atoms with Crippen LogP contribution in [-0.4, -0.2) is 40.6 Å². The predicted molar refractivity (Wildman–Crippen MR) is 72.9 cm³/mol. The molecule has 18 heavy (non-hydrogen) atoms. The fourth-order valence-corrected chi connectivity index (χ4v) is 2.33. The van der Waals surface area contributed by atoms with E-state index in [9.17, 15) is 0 Å². The van der Waals surface area contributed by atoms with Gasteiger partial charge in [-0.3, -0.25) is 0 Å². The number of likely N-dealkylation sites (N-methyl/N-ethyl adjacent to an activating group) is 1. The largest absolute Gasteiger partial charge is 0.374 e. The van der Waals surface area contributed by atoms with E-state index in [2.05, 4.69) is 35.5 Å². The lowest BCUT2D eigenvalue weighted by Crippen LogP contribution is -2.29. The van der Waals surface area contributed by atoms with Crippen LogP contribution in [0.25, 0.3) is 0 Å². The Kier molecular flexibility index (Phi) is 4.58. The predicted octanol–water partition coefficient (Wildman–Crippen LogP) is 1.39. The van der Waals surface area contributed by atoms with E-state index < -0.39 is 0 Å². The van der Waals surface area contributed by atoms with Gasteiger partial charge < -0.3 is 19.7 Å². The normalized spacial score (nSPS) is 14.3. The highest BCUT2D eigenvalue weighted by atomic mass is 16.7. The maximum atomic E-state index is 5.13. The molecule has 1 N–H and O–H groups in total. The lowest BCUT2D eigenvalue weighted by molar-refractivity contribution is -0.0989. The number of rotatable bonds is 6. The summed E-state index contributed by atoms with van der Waals surface area (Å²) in [6.45, 7) is 2.67. The minimum absolute atomic E-state index is 0.175. The van der Waals surface area contributed by atoms with Crippen molar-refractivity contribution in [2.24, 2.45) is 0 Å². The Bertz CT molecular complexity index is 391. The van der Waals surface area contributed by atoms with E-state index in [1.807, 2.05) is 0 Å². The molecule has 4 heteroatoms. The van der Waals surface area contributed by atoms with Gasteiger partial charge in [0, 0.05) is 46.6 Å². The average Bonchev–Trinajstić information content (AvgIpc) is 2.76. The van der Waals surface area contributed by atoms with Crippen LogP contribution in [0.5, 0.6) is 0 Å². The smallest absolute Gasteiger partial charge is 0.169 e. The van der Waals surface area contributed by atoms with Crippen LogP contribution in [0.3, 0.4) is 0 Å². The Labute approximate surface area is 109 Å². The van der Waals surface area contributed by atoms with Crippen LogP contribution in [0.2, 0.25) is 0 Å². The molecule has 0 unspecified atom stereocenters. The van der Waals surface area contributed by atoms with Crippen LogP contribution in [0.15, 0.2) is 18.2 Å². The summed E-state index contributed by atoms with van der Waals surface area (Å²) < 4.78 is 10.3. The van der Waals surface area contributed by atoms with E-state index in [1.165, 1.54) is 16.8 Å². The first-order valence-corrected chi connectivity index (χ1v) is 6.34. The topological polar surface area (TPSA) is 33.7 Å². The number of nitrogens with one attached hydrogen (secondary N) is 1. The van der Waals surface area contributed by atoms with Crippen LogP contribution in [0.4, 0.5) is 5.69 Å². The minimum atomic E-state index is -0.175. The second-order valence-electron chi connectivity index (χ2n) is 4.67. The number of hydrogen-bond acceptors (Lipinski definition) is 4. The molecule has 0 amide bonds. The highest BCUT2D eigenvalue weighted by Gasteiger charge is 2.15. The van der Waals surface area contributed by atoms with Crippen molar-refractivity contribution in [1.82, 2.24) is 5.32 Å². The van der Waals surface area contributed by atoms with Gasteiger partial charge in [-0.05, 0) is 23.6 Å². The Morgan fingerprint density at radius 3 is 2.83 bits per heavy atom. The molecular weight excluding hydrogens is 228 g/mol. The quantitative estimate of drug-likeness (QED) is 0.774. The molecule has 0 saturated heterocycles. The highest BCUT2D eigenvalue weighted by molar-refractivity contribution is 5.58. The van der Waals surface area contributed by atoms with E-state index >= 15 is 0 Å². The summed E-state index contributed by atoms with van der Waals surface area (Å²) in [5.41, 5.74) is 4.13. The molecule has 1 aromatic carbocycles. The van der Waals surface area contributed by atoms with E-state index in [-0.39, 0.29) is 6.29 Å². The third kappa shape index (κ3) is 3.02. The van der Waals surface area contributed by atoms with Crippen molar-refractivity contribution in [2.45, 2.75) is 19.3 Å². The Balaban J connectivity index is 1.87. The van der Waals surface area contributed by atoms with Crippen LogP contribution in [0, 0.1) is 0 Å². The van der Waals surface area contributed by atoms with Gasteiger partial charge in [0.1, 0.15) is 0 Å². The van der Waals surface area contributed by atoms with E-state index in [4.69, 9.17) is 9.47 Å². The van der Waals surface area contributed by atoms with Gasteiger partial charge in [0.15, 0.2) is 6.29 Å². The second kappa shape index (κ2) is 6.18. The van der Waals surface area contributed by atoms with Crippen LogP contribution < -0.4 is 10.2 Å². The number of hydrogen-bond donors (Lipinski definition) is 1. The van der Waals surface area contributed by atoms with Gasteiger partial charge in [0.25, 0.3) is 0 Å². The molecule has 0 aromatic heterocycles. The first kappa shape index (κ1) is 13.3. The van der Waals surface area contributed by atoms with E-state index in [0.717, 1.165) is 19.5 Å². The van der Waals surface area contributed by atoms with Crippen LogP contribution in [0.1, 0.15) is 11.1 Å². The summed E-state index contributed by atoms with van der Waals surface area (Å²) in [6, 6.07) is 6.69. The first-order chi connectivity index (χ1) is 8.74. The maximum Gasteiger partial charge on any atom is 0.169 e. The molecule has 0 aliphatic carbocycles. The summed E-state index contributed by atoms with van der Waals surface area (Å²) in [5, 5.41) is 3.34. The number of ether oxygens (including phenoxy) is 2. The van der Waals surface area contributed by atoms with E-state index in [1.54, 1.807) is 14.2 Å². The zero-order valence-corrected chi connectivity index (χ0v) is 11.4. The summed E-state index contributed by atoms with van der Waals surface area (Å²) in [5.74, 6) is 0. The monoisotopic (exact) mass is 250 g/mol. The standard InChI is InChI=1S/C14H22N2O2/c1-16-7-6-12-8-11(4-5-13(12)16)9-15-10-14(17-2)18-3/h4-5,8,14-15H,6-7,9-10H2,1-3H3. The van der Waals surface area contributed by atoms with Gasteiger partial charge in [0.2, 0.25) is 0 Å². The van der Waals surface area contributed by atoms with Crippen LogP contribution >= 0.6 is 0 Å². The number of methoxy groups -OCH3 is 2. The first-order valence-electron chi connectivity index (χ1n) is 6.34. The Morgan fingerprint density at radius 2 is 2.11 bits per heavy atom. The van der Waals surface area contributed by atoms with Gasteiger partial charge in [-0.2, -0.15) is 0 Å². The van der Waals surface area contributed by atoms with Gasteiger partial charge in [0.05, 0.1) is 0 Å². The zero-order valence-electron chi connectivity index (χ0n) is 11.4. The summed E-state index contributed by atoms with van der Waals surface area (Å²) in [6.07, 6.45) is 0.976. The van der Waals surface area contributed by atoms with Gasteiger partial charge >= 0.3 is 0 Å². The van der Waals surface area contributed by atoms with Crippen molar-refractivity contribution in [3.05, 3.63) is 29.3 Å². The van der Waals surface area contributed by atoms with Gasteiger partial charge in [-0.25, -0.2) is 0 Å². The molecule has 1 aromatic rings. The lowest BCUT2D eigenvalue weighted by Gasteiger charge is -2.15. The lowest BCUT2D eigenvalue weighted by atomic mass is 10.1. The highest BCUT2D eigenvalue weighted by Crippen LogP contribution is 2.27. The molecule has 1 aliphatic rings. The number of benzene rings is 1. The van der Waals surface area contributed by atoms with Gasteiger partial charge in [-0.1, -0.05) is 12.1 Å². The minimum Gasteiger partial charge on any atom is -0.374 e. The molecule has 1 aliphatic heterocycles. The second-order valence-corrected chi connectivity index (χ2v) is 4.67. The van der Waals surface area contributed by atoms with Crippen molar-refractivity contribution < 1.29 is 9.47 Å². The van der Waals surface area contributed by atoms with E-state index in [0.29, 0.717) is 6.54 Å². The van der Waals surface area contributed by atoms with Crippen molar-refractivity contribution in [3.63, 3.8) is 0 Å². The van der Waals surface area contributed by atoms with Gasteiger partial charge in [-0.15, -0.1) is 0 Å². The molecule has 0 atom stereocenters. The molecule has 0 saturated carbocycles. The molecule has 0 radical (unpaired) electrons. The molecule has 0 spiro atoms. The number of anilines is 1. The third-order valence-corrected chi connectivity index (χ3v) is 3.44. The summed E-state index contributed by atoms with van der Waals surface area (Å²) in [4.78, 5) is 2.30. The molecule has 2 rings (SSSR count). The maximum absolute atomic E-state index is 5.13. The molecule has 0 fully saturated rings. The molecule has 100 valence electrons. The molecular formula is C14H22N2O2. The molecule has 0 bridgehead atoms. The average molecular weight is 250 g/mol. The Hall–Kier alpha value is -1.10.